The maximum absolute atomic E-state index is 4.42. The molecule has 1 unspecified atom stereocenters. The summed E-state index contributed by atoms with van der Waals surface area (Å²) in [5.74, 6) is 1.53. The molecular formula is C15H24N6. The Hall–Kier alpha value is -1.82. The van der Waals surface area contributed by atoms with Gasteiger partial charge in [0.15, 0.2) is 0 Å². The van der Waals surface area contributed by atoms with E-state index in [9.17, 15) is 0 Å². The van der Waals surface area contributed by atoms with Gasteiger partial charge >= 0.3 is 0 Å². The van der Waals surface area contributed by atoms with Crippen molar-refractivity contribution in [2.24, 2.45) is 5.92 Å². The minimum absolute atomic E-state index is 0.119. The zero-order chi connectivity index (χ0) is 15.1. The molecule has 0 aliphatic heterocycles. The summed E-state index contributed by atoms with van der Waals surface area (Å²) in [6.07, 6.45) is 8.72. The fraction of sp³-hybridized carbons (Fsp3) is 0.600. The van der Waals surface area contributed by atoms with Crippen LogP contribution in [0.3, 0.4) is 0 Å². The van der Waals surface area contributed by atoms with Crippen molar-refractivity contribution in [1.29, 1.82) is 0 Å². The summed E-state index contributed by atoms with van der Waals surface area (Å²) in [6.45, 7) is 8.35. The van der Waals surface area contributed by atoms with E-state index in [1.54, 1.807) is 18.7 Å². The van der Waals surface area contributed by atoms with Gasteiger partial charge < -0.3 is 5.32 Å². The van der Waals surface area contributed by atoms with Gasteiger partial charge in [0.25, 0.3) is 0 Å². The highest BCUT2D eigenvalue weighted by Gasteiger charge is 2.17. The van der Waals surface area contributed by atoms with Crippen molar-refractivity contribution in [3.05, 3.63) is 36.4 Å². The van der Waals surface area contributed by atoms with Gasteiger partial charge in [-0.1, -0.05) is 20.8 Å². The average molecular weight is 288 g/mol. The zero-order valence-corrected chi connectivity index (χ0v) is 13.0. The van der Waals surface area contributed by atoms with Crippen molar-refractivity contribution < 1.29 is 0 Å². The maximum atomic E-state index is 4.42. The normalized spacial score (nSPS) is 12.8. The lowest BCUT2D eigenvalue weighted by Crippen LogP contribution is -2.26. The van der Waals surface area contributed by atoms with Crippen LogP contribution >= 0.6 is 0 Å². The first-order chi connectivity index (χ1) is 10.2. The van der Waals surface area contributed by atoms with E-state index in [1.807, 2.05) is 10.9 Å². The lowest BCUT2D eigenvalue weighted by atomic mass is 10.1. The number of aromatic nitrogens is 5. The molecule has 0 radical (unpaired) electrons. The molecule has 6 nitrogen and oxygen atoms in total. The summed E-state index contributed by atoms with van der Waals surface area (Å²) in [5, 5.41) is 7.85. The van der Waals surface area contributed by atoms with E-state index in [2.05, 4.69) is 46.1 Å². The standard InChI is InChI=1S/C15H24N6/c1-4-5-17-13(14-9-16-6-7-18-14)8-15-19-11-20-21(15)10-12(2)3/h6-7,9,11-13,17H,4-5,8,10H2,1-3H3. The van der Waals surface area contributed by atoms with Crippen LogP contribution in [0.1, 0.15) is 44.8 Å². The van der Waals surface area contributed by atoms with Gasteiger partial charge in [-0.25, -0.2) is 9.67 Å². The summed E-state index contributed by atoms with van der Waals surface area (Å²) in [4.78, 5) is 13.0. The second-order valence-electron chi connectivity index (χ2n) is 5.59. The molecule has 2 aromatic rings. The van der Waals surface area contributed by atoms with Crippen LogP contribution in [0.25, 0.3) is 0 Å². The van der Waals surface area contributed by atoms with Crippen LogP contribution in [0.4, 0.5) is 0 Å². The predicted octanol–water partition coefficient (Wildman–Crippen LogP) is 2.01. The summed E-state index contributed by atoms with van der Waals surface area (Å²) < 4.78 is 1.99. The number of hydrogen-bond acceptors (Lipinski definition) is 5. The van der Waals surface area contributed by atoms with Crippen LogP contribution in [0.15, 0.2) is 24.9 Å². The monoisotopic (exact) mass is 288 g/mol. The molecule has 1 atom stereocenters. The molecule has 0 spiro atoms. The maximum Gasteiger partial charge on any atom is 0.138 e. The molecule has 1 N–H and O–H groups in total. The van der Waals surface area contributed by atoms with Crippen LogP contribution in [0.2, 0.25) is 0 Å². The minimum atomic E-state index is 0.119. The van der Waals surface area contributed by atoms with Gasteiger partial charge in [-0.05, 0) is 18.9 Å². The van der Waals surface area contributed by atoms with E-state index in [1.165, 1.54) is 0 Å². The molecule has 0 saturated heterocycles. The van der Waals surface area contributed by atoms with Gasteiger partial charge in [0, 0.05) is 31.6 Å². The molecule has 0 aliphatic rings. The van der Waals surface area contributed by atoms with E-state index in [0.717, 1.165) is 37.4 Å². The van der Waals surface area contributed by atoms with Crippen LogP contribution in [-0.2, 0) is 13.0 Å². The summed E-state index contributed by atoms with van der Waals surface area (Å²) in [6, 6.07) is 0.119. The Morgan fingerprint density at radius 2 is 2.10 bits per heavy atom. The molecule has 0 aliphatic carbocycles. The Morgan fingerprint density at radius 1 is 1.24 bits per heavy atom. The molecule has 0 fully saturated rings. The highest BCUT2D eigenvalue weighted by molar-refractivity contribution is 5.06. The van der Waals surface area contributed by atoms with E-state index in [-0.39, 0.29) is 6.04 Å². The Bertz CT molecular complexity index is 522. The van der Waals surface area contributed by atoms with Gasteiger partial charge in [0.2, 0.25) is 0 Å². The topological polar surface area (TPSA) is 68.5 Å². The molecule has 0 saturated carbocycles. The molecule has 114 valence electrons. The van der Waals surface area contributed by atoms with E-state index in [0.29, 0.717) is 5.92 Å². The highest BCUT2D eigenvalue weighted by Crippen LogP contribution is 2.15. The van der Waals surface area contributed by atoms with Crippen molar-refractivity contribution >= 4 is 0 Å². The first-order valence-electron chi connectivity index (χ1n) is 7.56. The Labute approximate surface area is 126 Å². The first kappa shape index (κ1) is 15.6. The smallest absolute Gasteiger partial charge is 0.138 e. The van der Waals surface area contributed by atoms with Crippen molar-refractivity contribution in [3.63, 3.8) is 0 Å². The van der Waals surface area contributed by atoms with Crippen molar-refractivity contribution in [3.8, 4) is 0 Å². The second-order valence-corrected chi connectivity index (χ2v) is 5.59. The Morgan fingerprint density at radius 3 is 2.76 bits per heavy atom. The van der Waals surface area contributed by atoms with Gasteiger partial charge in [-0.3, -0.25) is 9.97 Å². The van der Waals surface area contributed by atoms with Crippen molar-refractivity contribution in [2.45, 2.75) is 46.2 Å². The quantitative estimate of drug-likeness (QED) is 0.804. The van der Waals surface area contributed by atoms with Crippen LogP contribution in [0, 0.1) is 5.92 Å². The third-order valence-electron chi connectivity index (χ3n) is 3.20. The van der Waals surface area contributed by atoms with Crippen molar-refractivity contribution in [2.75, 3.05) is 6.54 Å². The zero-order valence-electron chi connectivity index (χ0n) is 13.0. The molecule has 2 heterocycles. The SMILES string of the molecule is CCCNC(Cc1ncnn1CC(C)C)c1cnccn1. The second kappa shape index (κ2) is 7.83. The lowest BCUT2D eigenvalue weighted by Gasteiger charge is -2.18. The number of rotatable bonds is 8. The third-order valence-corrected chi connectivity index (χ3v) is 3.20. The van der Waals surface area contributed by atoms with Gasteiger partial charge in [0.05, 0.1) is 11.7 Å². The highest BCUT2D eigenvalue weighted by atomic mass is 15.3. The lowest BCUT2D eigenvalue weighted by molar-refractivity contribution is 0.440. The fourth-order valence-electron chi connectivity index (χ4n) is 2.22. The number of nitrogens with zero attached hydrogens (tertiary/aromatic N) is 5. The molecule has 2 rings (SSSR count). The molecule has 21 heavy (non-hydrogen) atoms. The Balaban J connectivity index is 2.13. The van der Waals surface area contributed by atoms with Crippen LogP contribution in [0.5, 0.6) is 0 Å². The van der Waals surface area contributed by atoms with Gasteiger partial charge in [-0.2, -0.15) is 5.10 Å². The van der Waals surface area contributed by atoms with E-state index < -0.39 is 0 Å². The van der Waals surface area contributed by atoms with E-state index >= 15 is 0 Å². The molecule has 0 bridgehead atoms. The molecule has 0 amide bonds. The summed E-state index contributed by atoms with van der Waals surface area (Å²) >= 11 is 0. The predicted molar refractivity (Wildman–Crippen MR) is 81.6 cm³/mol. The fourth-order valence-corrected chi connectivity index (χ4v) is 2.22. The summed E-state index contributed by atoms with van der Waals surface area (Å²) in [7, 11) is 0. The van der Waals surface area contributed by atoms with Gasteiger partial charge in [0.1, 0.15) is 12.2 Å². The van der Waals surface area contributed by atoms with Crippen molar-refractivity contribution in [1.82, 2.24) is 30.0 Å². The summed E-state index contributed by atoms with van der Waals surface area (Å²) in [5.41, 5.74) is 0.949. The average Bonchev–Trinajstić information content (AvgIpc) is 2.90. The molecule has 6 heteroatoms. The first-order valence-corrected chi connectivity index (χ1v) is 7.56. The largest absolute Gasteiger partial charge is 0.308 e. The van der Waals surface area contributed by atoms with E-state index in [4.69, 9.17) is 0 Å². The molecular weight excluding hydrogens is 264 g/mol. The molecule has 2 aromatic heterocycles. The number of hydrogen-bond donors (Lipinski definition) is 1. The van der Waals surface area contributed by atoms with Crippen LogP contribution in [-0.4, -0.2) is 31.3 Å². The molecule has 0 aromatic carbocycles. The van der Waals surface area contributed by atoms with Gasteiger partial charge in [-0.15, -0.1) is 0 Å². The minimum Gasteiger partial charge on any atom is -0.308 e. The number of nitrogens with one attached hydrogen (secondary N) is 1. The van der Waals surface area contributed by atoms with Crippen LogP contribution < -0.4 is 5.32 Å². The Kier molecular flexibility index (Phi) is 5.80. The third kappa shape index (κ3) is 4.60.